The molecule has 0 saturated heterocycles. The number of aryl methyl sites for hydroxylation is 2. The molecule has 1 rings (SSSR count). The Bertz CT molecular complexity index is 322. The quantitative estimate of drug-likeness (QED) is 0.782. The van der Waals surface area contributed by atoms with Gasteiger partial charge < -0.3 is 5.32 Å². The smallest absolute Gasteiger partial charge is 0.252 e. The van der Waals surface area contributed by atoms with Crippen molar-refractivity contribution in [2.75, 3.05) is 12.0 Å². The summed E-state index contributed by atoms with van der Waals surface area (Å²) in [5.41, 5.74) is 4.89. The third-order valence-corrected chi connectivity index (χ3v) is 2.18. The molecule has 0 radical (unpaired) electrons. The minimum absolute atomic E-state index is 0.0221. The van der Waals surface area contributed by atoms with E-state index in [2.05, 4.69) is 10.7 Å². The van der Waals surface area contributed by atoms with Crippen LogP contribution in [0.4, 0.5) is 0 Å². The molecular formula is C11H19N3O. The molecule has 0 aliphatic carbocycles. The van der Waals surface area contributed by atoms with E-state index in [0.29, 0.717) is 12.6 Å². The lowest BCUT2D eigenvalue weighted by Crippen LogP contribution is -2.36. The van der Waals surface area contributed by atoms with Crippen molar-refractivity contribution in [3.63, 3.8) is 0 Å². The van der Waals surface area contributed by atoms with Crippen molar-refractivity contribution in [1.82, 2.24) is 9.99 Å². The third-order valence-electron chi connectivity index (χ3n) is 2.18. The summed E-state index contributed by atoms with van der Waals surface area (Å²) in [6, 6.07) is 4.28. The largest absolute Gasteiger partial charge is 0.306 e. The van der Waals surface area contributed by atoms with Gasteiger partial charge in [0.15, 0.2) is 0 Å². The fourth-order valence-corrected chi connectivity index (χ4v) is 1.31. The highest BCUT2D eigenvalue weighted by atomic mass is 16.2. The highest BCUT2D eigenvalue weighted by molar-refractivity contribution is 5.85. The molecule has 0 atom stereocenters. The van der Waals surface area contributed by atoms with Crippen LogP contribution in [-0.2, 0) is 4.79 Å². The molecule has 1 heterocycles. The molecule has 0 saturated carbocycles. The van der Waals surface area contributed by atoms with Gasteiger partial charge in [-0.25, -0.2) is 0 Å². The van der Waals surface area contributed by atoms with Gasteiger partial charge >= 0.3 is 0 Å². The summed E-state index contributed by atoms with van der Waals surface area (Å²) in [5, 5.41) is 3.07. The maximum Gasteiger partial charge on any atom is 0.252 e. The lowest BCUT2D eigenvalue weighted by molar-refractivity contribution is -0.116. The lowest BCUT2D eigenvalue weighted by Gasteiger charge is -2.12. The number of nitrogens with one attached hydrogen (secondary N) is 2. The van der Waals surface area contributed by atoms with Crippen molar-refractivity contribution < 1.29 is 4.79 Å². The molecule has 1 aromatic heterocycles. The predicted octanol–water partition coefficient (Wildman–Crippen LogP) is 1.17. The SMILES string of the molecule is Cc1ccc(C)n1NC(=O)CNC(C)C. The zero-order chi connectivity index (χ0) is 11.4. The van der Waals surface area contributed by atoms with Crippen molar-refractivity contribution in [3.8, 4) is 0 Å². The highest BCUT2D eigenvalue weighted by Crippen LogP contribution is 2.03. The number of aromatic nitrogens is 1. The van der Waals surface area contributed by atoms with Crippen LogP contribution >= 0.6 is 0 Å². The number of carbonyl (C=O) groups is 1. The Balaban J connectivity index is 2.51. The van der Waals surface area contributed by atoms with Gasteiger partial charge in [-0.15, -0.1) is 0 Å². The van der Waals surface area contributed by atoms with Crippen LogP contribution in [0, 0.1) is 13.8 Å². The minimum atomic E-state index is -0.0221. The Morgan fingerprint density at radius 3 is 2.33 bits per heavy atom. The second-order valence-electron chi connectivity index (χ2n) is 4.02. The van der Waals surface area contributed by atoms with Gasteiger partial charge in [0, 0.05) is 17.4 Å². The van der Waals surface area contributed by atoms with E-state index in [0.717, 1.165) is 11.4 Å². The molecule has 2 N–H and O–H groups in total. The first-order valence-electron chi connectivity index (χ1n) is 5.19. The molecule has 1 aromatic rings. The summed E-state index contributed by atoms with van der Waals surface area (Å²) < 4.78 is 1.80. The summed E-state index contributed by atoms with van der Waals surface area (Å²) in [6.45, 7) is 8.29. The molecule has 4 heteroatoms. The van der Waals surface area contributed by atoms with Crippen LogP contribution < -0.4 is 10.7 Å². The predicted molar refractivity (Wildman–Crippen MR) is 61.4 cm³/mol. The lowest BCUT2D eigenvalue weighted by atomic mass is 10.4. The van der Waals surface area contributed by atoms with Gasteiger partial charge in [-0.3, -0.25) is 14.9 Å². The Kier molecular flexibility index (Phi) is 3.91. The molecular weight excluding hydrogens is 190 g/mol. The first-order chi connectivity index (χ1) is 7.00. The summed E-state index contributed by atoms with van der Waals surface area (Å²) in [6.07, 6.45) is 0. The summed E-state index contributed by atoms with van der Waals surface area (Å²) in [5.74, 6) is -0.0221. The van der Waals surface area contributed by atoms with Crippen LogP contribution in [0.1, 0.15) is 25.2 Å². The van der Waals surface area contributed by atoms with Crippen LogP contribution in [0.15, 0.2) is 12.1 Å². The second kappa shape index (κ2) is 4.98. The van der Waals surface area contributed by atoms with E-state index >= 15 is 0 Å². The Morgan fingerprint density at radius 2 is 1.87 bits per heavy atom. The number of rotatable bonds is 4. The van der Waals surface area contributed by atoms with Gasteiger partial charge in [0.25, 0.3) is 5.91 Å². The monoisotopic (exact) mass is 209 g/mol. The first kappa shape index (κ1) is 11.8. The number of hydrogen-bond donors (Lipinski definition) is 2. The molecule has 4 nitrogen and oxygen atoms in total. The van der Waals surface area contributed by atoms with Crippen molar-refractivity contribution in [3.05, 3.63) is 23.5 Å². The van der Waals surface area contributed by atoms with Gasteiger partial charge in [0.05, 0.1) is 6.54 Å². The van der Waals surface area contributed by atoms with Crippen LogP contribution in [0.5, 0.6) is 0 Å². The zero-order valence-corrected chi connectivity index (χ0v) is 9.79. The highest BCUT2D eigenvalue weighted by Gasteiger charge is 2.05. The average Bonchev–Trinajstić information content (AvgIpc) is 2.46. The Labute approximate surface area is 90.6 Å². The summed E-state index contributed by atoms with van der Waals surface area (Å²) in [7, 11) is 0. The maximum atomic E-state index is 11.5. The maximum absolute atomic E-state index is 11.5. The van der Waals surface area contributed by atoms with Gasteiger partial charge in [-0.05, 0) is 26.0 Å². The van der Waals surface area contributed by atoms with E-state index in [1.165, 1.54) is 0 Å². The normalized spacial score (nSPS) is 10.7. The van der Waals surface area contributed by atoms with E-state index in [1.807, 2.05) is 39.8 Å². The number of carbonyl (C=O) groups excluding carboxylic acids is 1. The van der Waals surface area contributed by atoms with Gasteiger partial charge in [-0.2, -0.15) is 0 Å². The molecule has 0 unspecified atom stereocenters. The fraction of sp³-hybridized carbons (Fsp3) is 0.545. The van der Waals surface area contributed by atoms with E-state index in [1.54, 1.807) is 4.68 Å². The van der Waals surface area contributed by atoms with Crippen molar-refractivity contribution in [1.29, 1.82) is 0 Å². The van der Waals surface area contributed by atoms with Crippen LogP contribution in [-0.4, -0.2) is 23.2 Å². The molecule has 0 fully saturated rings. The van der Waals surface area contributed by atoms with Gasteiger partial charge in [0.1, 0.15) is 0 Å². The van der Waals surface area contributed by atoms with Crippen molar-refractivity contribution >= 4 is 5.91 Å². The molecule has 0 spiro atoms. The average molecular weight is 209 g/mol. The first-order valence-corrected chi connectivity index (χ1v) is 5.19. The summed E-state index contributed by atoms with van der Waals surface area (Å²) in [4.78, 5) is 11.5. The second-order valence-corrected chi connectivity index (χ2v) is 4.02. The van der Waals surface area contributed by atoms with Crippen LogP contribution in [0.25, 0.3) is 0 Å². The van der Waals surface area contributed by atoms with Crippen LogP contribution in [0.3, 0.4) is 0 Å². The zero-order valence-electron chi connectivity index (χ0n) is 9.79. The third kappa shape index (κ3) is 3.40. The Hall–Kier alpha value is -1.29. The van der Waals surface area contributed by atoms with E-state index in [4.69, 9.17) is 0 Å². The van der Waals surface area contributed by atoms with Gasteiger partial charge in [0.2, 0.25) is 0 Å². The number of nitrogens with zero attached hydrogens (tertiary/aromatic N) is 1. The molecule has 0 aliphatic heterocycles. The van der Waals surface area contributed by atoms with E-state index in [9.17, 15) is 4.79 Å². The fourth-order valence-electron chi connectivity index (χ4n) is 1.31. The van der Waals surface area contributed by atoms with E-state index < -0.39 is 0 Å². The minimum Gasteiger partial charge on any atom is -0.306 e. The standard InChI is InChI=1S/C11H19N3O/c1-8(2)12-7-11(15)13-14-9(3)5-6-10(14)4/h5-6,8,12H,7H2,1-4H3,(H,13,15). The van der Waals surface area contributed by atoms with E-state index in [-0.39, 0.29) is 5.91 Å². The topological polar surface area (TPSA) is 46.1 Å². The molecule has 1 amide bonds. The summed E-state index contributed by atoms with van der Waals surface area (Å²) >= 11 is 0. The van der Waals surface area contributed by atoms with Crippen LogP contribution in [0.2, 0.25) is 0 Å². The Morgan fingerprint density at radius 1 is 1.33 bits per heavy atom. The number of hydrogen-bond acceptors (Lipinski definition) is 2. The molecule has 0 bridgehead atoms. The molecule has 84 valence electrons. The number of amides is 1. The molecule has 15 heavy (non-hydrogen) atoms. The van der Waals surface area contributed by atoms with Crippen molar-refractivity contribution in [2.24, 2.45) is 0 Å². The van der Waals surface area contributed by atoms with Crippen molar-refractivity contribution in [2.45, 2.75) is 33.7 Å². The molecule has 0 aromatic carbocycles. The van der Waals surface area contributed by atoms with Gasteiger partial charge in [-0.1, -0.05) is 13.8 Å². The molecule has 0 aliphatic rings.